The van der Waals surface area contributed by atoms with Crippen LogP contribution in [0.2, 0.25) is 0 Å². The van der Waals surface area contributed by atoms with Gasteiger partial charge in [-0.25, -0.2) is 4.79 Å². The number of nitrogens with one attached hydrogen (secondary N) is 1. The van der Waals surface area contributed by atoms with Gasteiger partial charge in [0.1, 0.15) is 0 Å². The zero-order chi connectivity index (χ0) is 15.7. The summed E-state index contributed by atoms with van der Waals surface area (Å²) in [5, 5.41) is 3.30. The maximum absolute atomic E-state index is 11.7. The quantitative estimate of drug-likeness (QED) is 0.541. The van der Waals surface area contributed by atoms with Gasteiger partial charge in [0.2, 0.25) is 0 Å². The minimum absolute atomic E-state index is 0.318. The monoisotopic (exact) mass is 293 g/mol. The first-order valence-electron chi connectivity index (χ1n) is 7.65. The van der Waals surface area contributed by atoms with E-state index < -0.39 is 0 Å². The van der Waals surface area contributed by atoms with E-state index in [2.05, 4.69) is 24.1 Å². The first kappa shape index (κ1) is 17.3. The van der Waals surface area contributed by atoms with Gasteiger partial charge in [0.15, 0.2) is 0 Å². The van der Waals surface area contributed by atoms with E-state index in [9.17, 15) is 4.79 Å². The lowest BCUT2D eigenvalue weighted by Crippen LogP contribution is -2.29. The second-order valence-electron chi connectivity index (χ2n) is 4.88. The number of likely N-dealkylation sites (N-methyl/N-ethyl adjacent to an activating group) is 1. The molecule has 0 aliphatic heterocycles. The zero-order valence-corrected chi connectivity index (χ0v) is 13.3. The minimum Gasteiger partial charge on any atom is -0.462 e. The minimum atomic E-state index is -0.318. The van der Waals surface area contributed by atoms with Crippen LogP contribution in [0.5, 0.6) is 0 Å². The molecule has 118 valence electrons. The van der Waals surface area contributed by atoms with Crippen molar-refractivity contribution in [1.82, 2.24) is 4.90 Å². The van der Waals surface area contributed by atoms with Crippen LogP contribution < -0.4 is 11.1 Å². The number of esters is 1. The van der Waals surface area contributed by atoms with Crippen molar-refractivity contribution in [2.45, 2.75) is 27.2 Å². The van der Waals surface area contributed by atoms with Crippen LogP contribution in [0.4, 0.5) is 11.4 Å². The number of nitrogens with zero attached hydrogens (tertiary/aromatic N) is 1. The highest BCUT2D eigenvalue weighted by atomic mass is 16.5. The number of carbonyl (C=O) groups is 1. The first-order valence-corrected chi connectivity index (χ1v) is 7.65. The van der Waals surface area contributed by atoms with Crippen molar-refractivity contribution in [2.24, 2.45) is 0 Å². The summed E-state index contributed by atoms with van der Waals surface area (Å²) in [6, 6.07) is 5.18. The molecule has 5 heteroatoms. The van der Waals surface area contributed by atoms with Gasteiger partial charge in [0.05, 0.1) is 23.5 Å². The summed E-state index contributed by atoms with van der Waals surface area (Å²) in [4.78, 5) is 14.1. The fourth-order valence-electron chi connectivity index (χ4n) is 2.14. The molecule has 0 fully saturated rings. The Morgan fingerprint density at radius 3 is 2.67 bits per heavy atom. The first-order chi connectivity index (χ1) is 10.1. The molecule has 0 unspecified atom stereocenters. The molecule has 1 aromatic carbocycles. The molecule has 0 radical (unpaired) electrons. The predicted molar refractivity (Wildman–Crippen MR) is 87.7 cm³/mol. The van der Waals surface area contributed by atoms with E-state index in [0.717, 1.165) is 38.3 Å². The topological polar surface area (TPSA) is 67.6 Å². The van der Waals surface area contributed by atoms with Gasteiger partial charge in [-0.3, -0.25) is 0 Å². The normalized spacial score (nSPS) is 10.7. The molecule has 0 atom stereocenters. The largest absolute Gasteiger partial charge is 0.462 e. The van der Waals surface area contributed by atoms with E-state index in [1.165, 1.54) is 0 Å². The second-order valence-corrected chi connectivity index (χ2v) is 4.88. The molecule has 0 saturated carbocycles. The summed E-state index contributed by atoms with van der Waals surface area (Å²) in [7, 11) is 0. The molecule has 0 amide bonds. The molecule has 0 aromatic heterocycles. The number of nitrogen functional groups attached to an aromatic ring is 1. The Balaban J connectivity index is 2.61. The van der Waals surface area contributed by atoms with Crippen molar-refractivity contribution in [3.63, 3.8) is 0 Å². The third kappa shape index (κ3) is 5.63. The van der Waals surface area contributed by atoms with Crippen molar-refractivity contribution in [1.29, 1.82) is 0 Å². The lowest BCUT2D eigenvalue weighted by atomic mass is 10.1. The zero-order valence-electron chi connectivity index (χ0n) is 13.3. The molecule has 1 rings (SSSR count). The molecule has 3 N–H and O–H groups in total. The summed E-state index contributed by atoms with van der Waals surface area (Å²) in [6.45, 7) is 10.4. The summed E-state index contributed by atoms with van der Waals surface area (Å²) < 4.78 is 5.00. The van der Waals surface area contributed by atoms with Gasteiger partial charge in [-0.1, -0.05) is 13.8 Å². The highest BCUT2D eigenvalue weighted by Crippen LogP contribution is 2.20. The maximum Gasteiger partial charge on any atom is 0.338 e. The number of nitrogens with two attached hydrogens (primary N) is 1. The van der Waals surface area contributed by atoms with Crippen molar-refractivity contribution in [3.8, 4) is 0 Å². The molecular weight excluding hydrogens is 266 g/mol. The van der Waals surface area contributed by atoms with E-state index in [0.29, 0.717) is 17.9 Å². The van der Waals surface area contributed by atoms with E-state index in [1.54, 1.807) is 25.1 Å². The van der Waals surface area contributed by atoms with Gasteiger partial charge in [0.25, 0.3) is 0 Å². The van der Waals surface area contributed by atoms with Crippen molar-refractivity contribution >= 4 is 17.3 Å². The molecule has 0 aliphatic carbocycles. The van der Waals surface area contributed by atoms with Crippen molar-refractivity contribution in [2.75, 3.05) is 43.8 Å². The second kappa shape index (κ2) is 9.23. The van der Waals surface area contributed by atoms with Crippen LogP contribution in [0.25, 0.3) is 0 Å². The number of carbonyl (C=O) groups excluding carboxylic acids is 1. The van der Waals surface area contributed by atoms with E-state index in [1.807, 2.05) is 0 Å². The van der Waals surface area contributed by atoms with Crippen LogP contribution in [0.3, 0.4) is 0 Å². The Hall–Kier alpha value is -1.75. The summed E-state index contributed by atoms with van der Waals surface area (Å²) in [5.41, 5.74) is 7.89. The Kier molecular flexibility index (Phi) is 7.61. The molecular formula is C16H27N3O2. The average Bonchev–Trinajstić information content (AvgIpc) is 2.48. The lowest BCUT2D eigenvalue weighted by Gasteiger charge is -2.20. The predicted octanol–water partition coefficient (Wildman–Crippen LogP) is 2.59. The van der Waals surface area contributed by atoms with Crippen molar-refractivity contribution < 1.29 is 9.53 Å². The fraction of sp³-hybridized carbons (Fsp3) is 0.562. The highest BCUT2D eigenvalue weighted by molar-refractivity contribution is 5.92. The van der Waals surface area contributed by atoms with Crippen LogP contribution in [-0.4, -0.2) is 43.7 Å². The number of hydrogen-bond donors (Lipinski definition) is 2. The SMILES string of the molecule is CCCN(CC)CCNc1cc(C(=O)OCC)ccc1N. The van der Waals surface area contributed by atoms with Gasteiger partial charge in [0, 0.05) is 13.1 Å². The van der Waals surface area contributed by atoms with E-state index >= 15 is 0 Å². The fourth-order valence-corrected chi connectivity index (χ4v) is 2.14. The van der Waals surface area contributed by atoms with Gasteiger partial charge in [-0.15, -0.1) is 0 Å². The Labute approximate surface area is 127 Å². The number of hydrogen-bond acceptors (Lipinski definition) is 5. The summed E-state index contributed by atoms with van der Waals surface area (Å²) in [6.07, 6.45) is 1.15. The summed E-state index contributed by atoms with van der Waals surface area (Å²) in [5.74, 6) is -0.318. The third-order valence-corrected chi connectivity index (χ3v) is 3.29. The highest BCUT2D eigenvalue weighted by Gasteiger charge is 2.09. The molecule has 21 heavy (non-hydrogen) atoms. The van der Waals surface area contributed by atoms with Gasteiger partial charge >= 0.3 is 5.97 Å². The van der Waals surface area contributed by atoms with Gasteiger partial charge in [-0.2, -0.15) is 0 Å². The molecule has 1 aromatic rings. The van der Waals surface area contributed by atoms with Crippen molar-refractivity contribution in [3.05, 3.63) is 23.8 Å². The van der Waals surface area contributed by atoms with Crippen LogP contribution in [0.15, 0.2) is 18.2 Å². The van der Waals surface area contributed by atoms with Crippen LogP contribution in [0, 0.1) is 0 Å². The molecule has 0 spiro atoms. The number of ether oxygens (including phenoxy) is 1. The number of benzene rings is 1. The number of anilines is 2. The van der Waals surface area contributed by atoms with E-state index in [4.69, 9.17) is 10.5 Å². The molecule has 0 aliphatic rings. The number of rotatable bonds is 9. The standard InChI is InChI=1S/C16H27N3O2/c1-4-10-19(5-2)11-9-18-15-12-13(7-8-14(15)17)16(20)21-6-3/h7-8,12,18H,4-6,9-11,17H2,1-3H3. The average molecular weight is 293 g/mol. The molecule has 5 nitrogen and oxygen atoms in total. The van der Waals surface area contributed by atoms with E-state index in [-0.39, 0.29) is 5.97 Å². The van der Waals surface area contributed by atoms with Crippen LogP contribution in [-0.2, 0) is 4.74 Å². The van der Waals surface area contributed by atoms with Crippen LogP contribution in [0.1, 0.15) is 37.6 Å². The smallest absolute Gasteiger partial charge is 0.338 e. The Morgan fingerprint density at radius 1 is 1.29 bits per heavy atom. The third-order valence-electron chi connectivity index (χ3n) is 3.29. The van der Waals surface area contributed by atoms with Gasteiger partial charge in [-0.05, 0) is 44.6 Å². The van der Waals surface area contributed by atoms with Gasteiger partial charge < -0.3 is 20.7 Å². The maximum atomic E-state index is 11.7. The lowest BCUT2D eigenvalue weighted by molar-refractivity contribution is 0.0526. The Bertz CT molecular complexity index is 449. The molecule has 0 heterocycles. The summed E-state index contributed by atoms with van der Waals surface area (Å²) >= 11 is 0. The van der Waals surface area contributed by atoms with Crippen LogP contribution >= 0.6 is 0 Å². The molecule has 0 bridgehead atoms. The Morgan fingerprint density at radius 2 is 2.05 bits per heavy atom. The molecule has 0 saturated heterocycles.